The third kappa shape index (κ3) is 1.41. The SMILES string of the molecule is CCc1nn(I)nc1C. The molecule has 0 unspecified atom stereocenters. The second-order valence-electron chi connectivity index (χ2n) is 1.83. The minimum atomic E-state index is 0.967. The molecule has 3 nitrogen and oxygen atoms in total. The maximum absolute atomic E-state index is 4.12. The summed E-state index contributed by atoms with van der Waals surface area (Å²) in [5.74, 6) is 0. The lowest BCUT2D eigenvalue weighted by Crippen LogP contribution is -1.84. The first-order valence-electron chi connectivity index (χ1n) is 2.83. The molecule has 0 amide bonds. The minimum absolute atomic E-state index is 0.967. The highest BCUT2D eigenvalue weighted by atomic mass is 127. The molecule has 0 saturated carbocycles. The van der Waals surface area contributed by atoms with Crippen molar-refractivity contribution in [1.82, 2.24) is 13.2 Å². The van der Waals surface area contributed by atoms with Crippen molar-refractivity contribution in [2.75, 3.05) is 0 Å². The third-order valence-electron chi connectivity index (χ3n) is 1.19. The van der Waals surface area contributed by atoms with Crippen LogP contribution in [0, 0.1) is 6.92 Å². The van der Waals surface area contributed by atoms with Crippen LogP contribution in [0.25, 0.3) is 0 Å². The summed E-state index contributed by atoms with van der Waals surface area (Å²) in [7, 11) is 0. The maximum Gasteiger partial charge on any atom is 0.111 e. The van der Waals surface area contributed by atoms with E-state index in [9.17, 15) is 0 Å². The smallest absolute Gasteiger partial charge is 0.111 e. The van der Waals surface area contributed by atoms with Gasteiger partial charge in [0, 0.05) is 0 Å². The quantitative estimate of drug-likeness (QED) is 0.690. The van der Waals surface area contributed by atoms with Crippen LogP contribution in [0.5, 0.6) is 0 Å². The van der Waals surface area contributed by atoms with Crippen molar-refractivity contribution in [2.45, 2.75) is 20.3 Å². The van der Waals surface area contributed by atoms with Crippen LogP contribution in [0.15, 0.2) is 0 Å². The lowest BCUT2D eigenvalue weighted by atomic mass is 10.3. The Morgan fingerprint density at radius 2 is 2.22 bits per heavy atom. The summed E-state index contributed by atoms with van der Waals surface area (Å²) in [6, 6.07) is 0. The fourth-order valence-electron chi connectivity index (χ4n) is 0.702. The molecule has 1 aromatic heterocycles. The van der Waals surface area contributed by atoms with Crippen LogP contribution in [0.4, 0.5) is 0 Å². The van der Waals surface area contributed by atoms with E-state index >= 15 is 0 Å². The van der Waals surface area contributed by atoms with Gasteiger partial charge in [-0.15, -0.1) is 13.2 Å². The van der Waals surface area contributed by atoms with Gasteiger partial charge in [0.1, 0.15) is 22.9 Å². The second kappa shape index (κ2) is 2.64. The summed E-state index contributed by atoms with van der Waals surface area (Å²) in [4.78, 5) is 0. The van der Waals surface area contributed by atoms with Crippen molar-refractivity contribution < 1.29 is 0 Å². The van der Waals surface area contributed by atoms with Crippen molar-refractivity contribution in [1.29, 1.82) is 0 Å². The fraction of sp³-hybridized carbons (Fsp3) is 0.600. The summed E-state index contributed by atoms with van der Waals surface area (Å²) in [6.45, 7) is 4.05. The van der Waals surface area contributed by atoms with Crippen LogP contribution in [0.1, 0.15) is 18.3 Å². The lowest BCUT2D eigenvalue weighted by Gasteiger charge is -1.82. The van der Waals surface area contributed by atoms with Gasteiger partial charge in [0.15, 0.2) is 0 Å². The standard InChI is InChI=1S/C5H8IN3/c1-3-5-4(2)7-9(6)8-5/h3H2,1-2H3. The van der Waals surface area contributed by atoms with Crippen LogP contribution in [-0.4, -0.2) is 13.2 Å². The maximum atomic E-state index is 4.12. The molecule has 0 fully saturated rings. The number of halogens is 1. The Labute approximate surface area is 67.9 Å². The molecule has 0 aliphatic carbocycles. The third-order valence-corrected chi connectivity index (χ3v) is 1.62. The highest BCUT2D eigenvalue weighted by molar-refractivity contribution is 14.1. The normalized spacial score (nSPS) is 10.1. The summed E-state index contributed by atoms with van der Waals surface area (Å²) < 4.78 is 1.58. The molecule has 0 aliphatic rings. The molecule has 0 atom stereocenters. The minimum Gasteiger partial charge on any atom is -0.149 e. The van der Waals surface area contributed by atoms with Gasteiger partial charge >= 0.3 is 0 Å². The topological polar surface area (TPSA) is 30.7 Å². The molecule has 0 N–H and O–H groups in total. The molecule has 1 heterocycles. The van der Waals surface area contributed by atoms with Gasteiger partial charge in [0.25, 0.3) is 0 Å². The molecule has 50 valence electrons. The number of nitrogens with zero attached hydrogens (tertiary/aromatic N) is 3. The van der Waals surface area contributed by atoms with Gasteiger partial charge in [-0.05, 0) is 13.3 Å². The Morgan fingerprint density at radius 1 is 1.56 bits per heavy atom. The predicted octanol–water partition coefficient (Wildman–Crippen LogP) is 1.35. The lowest BCUT2D eigenvalue weighted by molar-refractivity contribution is 0.876. The molecular formula is C5H8IN3. The van der Waals surface area contributed by atoms with E-state index in [1.165, 1.54) is 0 Å². The number of rotatable bonds is 1. The second-order valence-corrected chi connectivity index (χ2v) is 2.69. The molecule has 1 rings (SSSR count). The first kappa shape index (κ1) is 6.98. The molecule has 1 aromatic rings. The van der Waals surface area contributed by atoms with Crippen LogP contribution in [0.3, 0.4) is 0 Å². The Hall–Kier alpha value is -0.130. The van der Waals surface area contributed by atoms with Gasteiger partial charge in [0.2, 0.25) is 0 Å². The molecule has 0 saturated heterocycles. The average molecular weight is 237 g/mol. The van der Waals surface area contributed by atoms with Crippen LogP contribution < -0.4 is 0 Å². The zero-order valence-electron chi connectivity index (χ0n) is 5.43. The Morgan fingerprint density at radius 3 is 2.44 bits per heavy atom. The zero-order chi connectivity index (χ0) is 6.85. The van der Waals surface area contributed by atoms with Gasteiger partial charge < -0.3 is 0 Å². The van der Waals surface area contributed by atoms with Gasteiger partial charge in [-0.1, -0.05) is 6.92 Å². The van der Waals surface area contributed by atoms with E-state index in [4.69, 9.17) is 0 Å². The van der Waals surface area contributed by atoms with E-state index in [1.807, 2.05) is 29.8 Å². The Bertz CT molecular complexity index is 206. The Balaban J connectivity index is 3.01. The van der Waals surface area contributed by atoms with E-state index in [1.54, 1.807) is 3.01 Å². The predicted molar refractivity (Wildman–Crippen MR) is 43.6 cm³/mol. The molecular weight excluding hydrogens is 229 g/mol. The van der Waals surface area contributed by atoms with Crippen molar-refractivity contribution in [3.63, 3.8) is 0 Å². The van der Waals surface area contributed by atoms with Crippen molar-refractivity contribution in [2.24, 2.45) is 0 Å². The van der Waals surface area contributed by atoms with Crippen LogP contribution in [0.2, 0.25) is 0 Å². The molecule has 4 heteroatoms. The van der Waals surface area contributed by atoms with Crippen molar-refractivity contribution in [3.8, 4) is 0 Å². The number of hydrogen-bond donors (Lipinski definition) is 0. The first-order chi connectivity index (χ1) is 4.24. The fourth-order valence-corrected chi connectivity index (χ4v) is 1.29. The monoisotopic (exact) mass is 237 g/mol. The molecule has 9 heavy (non-hydrogen) atoms. The molecule has 0 aromatic carbocycles. The van der Waals surface area contributed by atoms with Crippen LogP contribution in [-0.2, 0) is 6.42 Å². The van der Waals surface area contributed by atoms with Gasteiger partial charge in [-0.25, -0.2) is 0 Å². The van der Waals surface area contributed by atoms with E-state index < -0.39 is 0 Å². The number of hydrogen-bond acceptors (Lipinski definition) is 2. The Kier molecular flexibility index (Phi) is 2.05. The van der Waals surface area contributed by atoms with E-state index in [0.717, 1.165) is 17.8 Å². The van der Waals surface area contributed by atoms with Gasteiger partial charge in [0.05, 0.1) is 11.4 Å². The van der Waals surface area contributed by atoms with E-state index in [0.29, 0.717) is 0 Å². The first-order valence-corrected chi connectivity index (χ1v) is 3.79. The summed E-state index contributed by atoms with van der Waals surface area (Å²) in [5, 5.41) is 8.20. The number of aromatic nitrogens is 3. The van der Waals surface area contributed by atoms with Gasteiger partial charge in [-0.2, -0.15) is 0 Å². The highest BCUT2D eigenvalue weighted by Crippen LogP contribution is 2.02. The highest BCUT2D eigenvalue weighted by Gasteiger charge is 2.00. The number of aryl methyl sites for hydroxylation is 2. The van der Waals surface area contributed by atoms with Gasteiger partial charge in [-0.3, -0.25) is 0 Å². The summed E-state index contributed by atoms with van der Waals surface area (Å²) >= 11 is 2.04. The van der Waals surface area contributed by atoms with E-state index in [-0.39, 0.29) is 0 Å². The van der Waals surface area contributed by atoms with Crippen LogP contribution >= 0.6 is 22.9 Å². The van der Waals surface area contributed by atoms with Crippen molar-refractivity contribution in [3.05, 3.63) is 11.4 Å². The van der Waals surface area contributed by atoms with Crippen molar-refractivity contribution >= 4 is 22.9 Å². The molecule has 0 bridgehead atoms. The largest absolute Gasteiger partial charge is 0.149 e. The summed E-state index contributed by atoms with van der Waals surface area (Å²) in [5.41, 5.74) is 2.12. The van der Waals surface area contributed by atoms with E-state index in [2.05, 4.69) is 17.1 Å². The molecule has 0 spiro atoms. The molecule has 0 radical (unpaired) electrons. The summed E-state index contributed by atoms with van der Waals surface area (Å²) in [6.07, 6.45) is 0.967. The zero-order valence-corrected chi connectivity index (χ0v) is 7.58. The molecule has 0 aliphatic heterocycles. The average Bonchev–Trinajstić information content (AvgIpc) is 2.10.